The number of rotatable bonds is 6. The molecule has 0 aliphatic heterocycles. The first-order valence-electron chi connectivity index (χ1n) is 8.99. The number of hydrogen-bond acceptors (Lipinski definition) is 6. The van der Waals surface area contributed by atoms with E-state index < -0.39 is 6.10 Å². The van der Waals surface area contributed by atoms with E-state index in [1.54, 1.807) is 23.9 Å². The number of hydrogen-bond donors (Lipinski definition) is 2. The molecule has 1 saturated carbocycles. The fraction of sp³-hybridized carbons (Fsp3) is 0.368. The molecule has 4 rings (SSSR count). The van der Waals surface area contributed by atoms with Crippen molar-refractivity contribution in [1.29, 1.82) is 0 Å². The molecule has 2 heterocycles. The molecule has 1 aliphatic carbocycles. The lowest BCUT2D eigenvalue weighted by atomic mass is 9.80. The number of aliphatic hydroxyl groups is 1. The van der Waals surface area contributed by atoms with Crippen LogP contribution in [0.5, 0.6) is 0 Å². The maximum absolute atomic E-state index is 12.3. The topological polar surface area (TPSA) is 106 Å². The fourth-order valence-corrected chi connectivity index (χ4v) is 3.24. The molecule has 0 saturated heterocycles. The number of nitrogens with zero attached hydrogens (tertiary/aromatic N) is 4. The van der Waals surface area contributed by atoms with Gasteiger partial charge in [0.05, 0.1) is 12.3 Å². The van der Waals surface area contributed by atoms with E-state index in [0.29, 0.717) is 17.3 Å². The number of aliphatic hydroxyl groups excluding tert-OH is 1. The summed E-state index contributed by atoms with van der Waals surface area (Å²) in [7, 11) is 0. The molecule has 0 bridgehead atoms. The van der Waals surface area contributed by atoms with Gasteiger partial charge in [-0.2, -0.15) is 0 Å². The Morgan fingerprint density at radius 1 is 1.37 bits per heavy atom. The van der Waals surface area contributed by atoms with Crippen LogP contribution in [0.25, 0.3) is 11.3 Å². The van der Waals surface area contributed by atoms with Gasteiger partial charge in [-0.3, -0.25) is 9.48 Å². The van der Waals surface area contributed by atoms with Crippen molar-refractivity contribution in [3.05, 3.63) is 54.0 Å². The molecular weight excluding hydrogens is 346 g/mol. The normalized spacial score (nSPS) is 20.1. The first kappa shape index (κ1) is 17.4. The number of carbonyl (C=O) groups is 1. The van der Waals surface area contributed by atoms with Crippen LogP contribution in [0.4, 0.5) is 0 Å². The first-order chi connectivity index (χ1) is 13.1. The lowest BCUT2D eigenvalue weighted by molar-refractivity contribution is 0.0842. The SMILES string of the molecule is C[C@H](O)c1cn(C[C@H]2C[C@@H](NC(=O)c3cc(-c4ccccc4)no3)C2)nn1. The highest BCUT2D eigenvalue weighted by molar-refractivity contribution is 5.92. The van der Waals surface area contributed by atoms with Crippen molar-refractivity contribution in [2.75, 3.05) is 0 Å². The molecule has 2 N–H and O–H groups in total. The second-order valence-corrected chi connectivity index (χ2v) is 6.99. The third-order valence-electron chi connectivity index (χ3n) is 4.80. The molecule has 1 atom stereocenters. The van der Waals surface area contributed by atoms with Gasteiger partial charge in [0.15, 0.2) is 0 Å². The van der Waals surface area contributed by atoms with Crippen LogP contribution in [0.1, 0.15) is 42.1 Å². The molecule has 8 nitrogen and oxygen atoms in total. The Balaban J connectivity index is 1.27. The van der Waals surface area contributed by atoms with Gasteiger partial charge in [0.25, 0.3) is 5.91 Å². The van der Waals surface area contributed by atoms with Crippen molar-refractivity contribution >= 4 is 5.91 Å². The summed E-state index contributed by atoms with van der Waals surface area (Å²) in [5.41, 5.74) is 2.12. The molecule has 1 aliphatic rings. The quantitative estimate of drug-likeness (QED) is 0.692. The van der Waals surface area contributed by atoms with Crippen LogP contribution in [-0.4, -0.2) is 37.2 Å². The Labute approximate surface area is 156 Å². The zero-order valence-corrected chi connectivity index (χ0v) is 14.9. The molecule has 27 heavy (non-hydrogen) atoms. The van der Waals surface area contributed by atoms with Crippen LogP contribution >= 0.6 is 0 Å². The van der Waals surface area contributed by atoms with Crippen molar-refractivity contribution in [2.24, 2.45) is 5.92 Å². The van der Waals surface area contributed by atoms with Crippen molar-refractivity contribution in [3.63, 3.8) is 0 Å². The van der Waals surface area contributed by atoms with Crippen LogP contribution in [0.15, 0.2) is 47.1 Å². The average Bonchev–Trinajstić information content (AvgIpc) is 3.30. The second-order valence-electron chi connectivity index (χ2n) is 6.99. The van der Waals surface area contributed by atoms with Gasteiger partial charge in [0.2, 0.25) is 5.76 Å². The second kappa shape index (κ2) is 7.32. The van der Waals surface area contributed by atoms with Crippen molar-refractivity contribution in [1.82, 2.24) is 25.5 Å². The maximum Gasteiger partial charge on any atom is 0.290 e. The summed E-state index contributed by atoms with van der Waals surface area (Å²) < 4.78 is 6.93. The summed E-state index contributed by atoms with van der Waals surface area (Å²) in [4.78, 5) is 12.3. The van der Waals surface area contributed by atoms with E-state index in [1.807, 2.05) is 30.3 Å². The Kier molecular flexibility index (Phi) is 4.72. The minimum absolute atomic E-state index is 0.118. The molecule has 0 radical (unpaired) electrons. The molecule has 8 heteroatoms. The van der Waals surface area contributed by atoms with E-state index in [9.17, 15) is 9.90 Å². The van der Waals surface area contributed by atoms with Gasteiger partial charge in [0, 0.05) is 24.2 Å². The predicted molar refractivity (Wildman–Crippen MR) is 96.6 cm³/mol. The van der Waals surface area contributed by atoms with Crippen LogP contribution in [0.3, 0.4) is 0 Å². The summed E-state index contributed by atoms with van der Waals surface area (Å²) in [6.07, 6.45) is 2.88. The minimum atomic E-state index is -0.616. The van der Waals surface area contributed by atoms with Gasteiger partial charge in [-0.05, 0) is 25.7 Å². The molecule has 1 amide bonds. The van der Waals surface area contributed by atoms with Gasteiger partial charge < -0.3 is 14.9 Å². The average molecular weight is 367 g/mol. The molecule has 3 aromatic rings. The predicted octanol–water partition coefficient (Wildman–Crippen LogP) is 2.20. The van der Waals surface area contributed by atoms with Gasteiger partial charge in [-0.25, -0.2) is 0 Å². The highest BCUT2D eigenvalue weighted by Gasteiger charge is 2.32. The molecule has 0 spiro atoms. The Morgan fingerprint density at radius 2 is 2.15 bits per heavy atom. The summed E-state index contributed by atoms with van der Waals surface area (Å²) in [5, 5.41) is 24.4. The minimum Gasteiger partial charge on any atom is -0.387 e. The maximum atomic E-state index is 12.3. The van der Waals surface area contributed by atoms with E-state index in [-0.39, 0.29) is 17.7 Å². The van der Waals surface area contributed by atoms with Crippen LogP contribution in [-0.2, 0) is 6.54 Å². The molecular formula is C19H21N5O3. The lowest BCUT2D eigenvalue weighted by Crippen LogP contribution is -2.45. The Hall–Kier alpha value is -3.00. The molecule has 0 unspecified atom stereocenters. The van der Waals surface area contributed by atoms with Crippen molar-refractivity contribution in [3.8, 4) is 11.3 Å². The zero-order valence-electron chi connectivity index (χ0n) is 14.9. The highest BCUT2D eigenvalue weighted by Crippen LogP contribution is 2.29. The molecule has 1 aromatic carbocycles. The first-order valence-corrected chi connectivity index (χ1v) is 8.99. The molecule has 2 aromatic heterocycles. The lowest BCUT2D eigenvalue weighted by Gasteiger charge is -2.35. The van der Waals surface area contributed by atoms with E-state index in [4.69, 9.17) is 4.52 Å². The number of nitrogens with one attached hydrogen (secondary N) is 1. The van der Waals surface area contributed by atoms with E-state index in [1.165, 1.54) is 0 Å². The molecule has 140 valence electrons. The third-order valence-corrected chi connectivity index (χ3v) is 4.80. The summed E-state index contributed by atoms with van der Waals surface area (Å²) in [6, 6.07) is 11.4. The van der Waals surface area contributed by atoms with Gasteiger partial charge in [-0.1, -0.05) is 40.7 Å². The van der Waals surface area contributed by atoms with E-state index in [2.05, 4.69) is 20.8 Å². The number of carbonyl (C=O) groups excluding carboxylic acids is 1. The van der Waals surface area contributed by atoms with Crippen molar-refractivity contribution < 1.29 is 14.4 Å². The fourth-order valence-electron chi connectivity index (χ4n) is 3.24. The summed E-state index contributed by atoms with van der Waals surface area (Å²) >= 11 is 0. The standard InChI is InChI=1S/C19H21N5O3/c1-12(25)17-11-24(23-21-17)10-13-7-15(8-13)20-19(26)18-9-16(22-27-18)14-5-3-2-4-6-14/h2-6,9,11-13,15,25H,7-8,10H2,1H3,(H,20,26)/t12-,13-,15+/m0/s1. The molecule has 1 fully saturated rings. The van der Waals surface area contributed by atoms with Gasteiger partial charge in [0.1, 0.15) is 11.4 Å². The number of benzene rings is 1. The van der Waals surface area contributed by atoms with E-state index >= 15 is 0 Å². The Bertz CT molecular complexity index is 912. The van der Waals surface area contributed by atoms with Gasteiger partial charge >= 0.3 is 0 Å². The zero-order chi connectivity index (χ0) is 18.8. The number of amides is 1. The van der Waals surface area contributed by atoms with Crippen molar-refractivity contribution in [2.45, 2.75) is 38.5 Å². The smallest absolute Gasteiger partial charge is 0.290 e. The largest absolute Gasteiger partial charge is 0.387 e. The summed E-state index contributed by atoms with van der Waals surface area (Å²) in [6.45, 7) is 2.39. The van der Waals surface area contributed by atoms with Gasteiger partial charge in [-0.15, -0.1) is 5.10 Å². The Morgan fingerprint density at radius 3 is 2.85 bits per heavy atom. The highest BCUT2D eigenvalue weighted by atomic mass is 16.5. The monoisotopic (exact) mass is 367 g/mol. The van der Waals surface area contributed by atoms with Crippen LogP contribution < -0.4 is 5.32 Å². The number of aromatic nitrogens is 4. The van der Waals surface area contributed by atoms with E-state index in [0.717, 1.165) is 24.9 Å². The third kappa shape index (κ3) is 3.90. The van der Waals surface area contributed by atoms with Crippen LogP contribution in [0, 0.1) is 5.92 Å². The summed E-state index contributed by atoms with van der Waals surface area (Å²) in [5.74, 6) is 0.397. The van der Waals surface area contributed by atoms with Crippen LogP contribution in [0.2, 0.25) is 0 Å².